The lowest BCUT2D eigenvalue weighted by molar-refractivity contribution is -0.167. The number of hydrogen-bond donors (Lipinski definition) is 0. The number of ketones is 2. The molecule has 0 radical (unpaired) electrons. The summed E-state index contributed by atoms with van der Waals surface area (Å²) in [5.74, 6) is 1.30. The highest BCUT2D eigenvalue weighted by Gasteiger charge is 2.63. The predicted molar refractivity (Wildman–Crippen MR) is 106 cm³/mol. The van der Waals surface area contributed by atoms with Gasteiger partial charge >= 0.3 is 5.97 Å². The summed E-state index contributed by atoms with van der Waals surface area (Å²) in [4.78, 5) is 37.6. The van der Waals surface area contributed by atoms with Crippen LogP contribution < -0.4 is 0 Å². The van der Waals surface area contributed by atoms with E-state index in [1.165, 1.54) is 5.57 Å². The number of ether oxygens (including phenoxy) is 1. The first-order valence-corrected chi connectivity index (χ1v) is 10.9. The Hall–Kier alpha value is -1.45. The van der Waals surface area contributed by atoms with E-state index in [1.54, 1.807) is 0 Å². The molecule has 0 aromatic rings. The molecule has 4 rings (SSSR count). The topological polar surface area (TPSA) is 60.4 Å². The number of hydrogen-bond acceptors (Lipinski definition) is 4. The number of allylic oxidation sites excluding steroid dienone is 1. The van der Waals surface area contributed by atoms with Gasteiger partial charge in [0.25, 0.3) is 0 Å². The lowest BCUT2D eigenvalue weighted by Crippen LogP contribution is -2.53. The van der Waals surface area contributed by atoms with Gasteiger partial charge < -0.3 is 4.74 Å². The number of rotatable bonds is 1. The maximum atomic E-state index is 13.0. The first kappa shape index (κ1) is 19.8. The molecule has 4 aliphatic rings. The van der Waals surface area contributed by atoms with E-state index in [1.807, 2.05) is 26.8 Å². The molecule has 3 fully saturated rings. The second kappa shape index (κ2) is 6.27. The van der Waals surface area contributed by atoms with Gasteiger partial charge in [-0.05, 0) is 76.2 Å². The Kier molecular flexibility index (Phi) is 4.45. The molecular formula is C24H34O4. The van der Waals surface area contributed by atoms with Crippen LogP contribution in [0.3, 0.4) is 0 Å². The van der Waals surface area contributed by atoms with E-state index < -0.39 is 5.41 Å². The average molecular weight is 387 g/mol. The highest BCUT2D eigenvalue weighted by molar-refractivity contribution is 5.92. The SMILES string of the molecule is CC(C)(C)C(=O)OC1CC(=O)C2(C)CCC3C(CCC4=CC(=O)CCC43C)C12. The minimum Gasteiger partial charge on any atom is -0.461 e. The standard InChI is InChI=1S/C24H34O4/c1-22(2,3)21(27)28-18-13-19(26)24(5)11-9-17-16(20(18)24)7-6-14-12-15(25)8-10-23(14,17)4/h12,16-18,20H,6-11,13H2,1-5H3. The van der Waals surface area contributed by atoms with Crippen LogP contribution in [0.2, 0.25) is 0 Å². The van der Waals surface area contributed by atoms with Crippen molar-refractivity contribution >= 4 is 17.5 Å². The highest BCUT2D eigenvalue weighted by Crippen LogP contribution is 2.64. The molecule has 3 saturated carbocycles. The minimum atomic E-state index is -0.561. The summed E-state index contributed by atoms with van der Waals surface area (Å²) >= 11 is 0. The van der Waals surface area contributed by atoms with Crippen molar-refractivity contribution in [2.75, 3.05) is 0 Å². The van der Waals surface area contributed by atoms with Crippen molar-refractivity contribution < 1.29 is 19.1 Å². The fraction of sp³-hybridized carbons (Fsp3) is 0.792. The van der Waals surface area contributed by atoms with Crippen LogP contribution in [0.15, 0.2) is 11.6 Å². The van der Waals surface area contributed by atoms with Crippen molar-refractivity contribution in [1.29, 1.82) is 0 Å². The Balaban J connectivity index is 1.67. The van der Waals surface area contributed by atoms with Gasteiger partial charge in [0.05, 0.1) is 5.41 Å². The molecule has 0 amide bonds. The molecule has 4 nitrogen and oxygen atoms in total. The quantitative estimate of drug-likeness (QED) is 0.615. The van der Waals surface area contributed by atoms with Crippen LogP contribution in [0, 0.1) is 34.0 Å². The van der Waals surface area contributed by atoms with E-state index in [-0.39, 0.29) is 40.4 Å². The summed E-state index contributed by atoms with van der Waals surface area (Å²) in [6.45, 7) is 10.0. The van der Waals surface area contributed by atoms with Crippen molar-refractivity contribution in [1.82, 2.24) is 0 Å². The molecule has 4 aliphatic carbocycles. The maximum absolute atomic E-state index is 13.0. The largest absolute Gasteiger partial charge is 0.461 e. The van der Waals surface area contributed by atoms with E-state index >= 15 is 0 Å². The number of Topliss-reactive ketones (excluding diaryl/α,β-unsaturated/α-hetero) is 1. The summed E-state index contributed by atoms with van der Waals surface area (Å²) < 4.78 is 5.99. The van der Waals surface area contributed by atoms with Gasteiger partial charge in [0.1, 0.15) is 11.9 Å². The average Bonchev–Trinajstić information content (AvgIpc) is 2.85. The summed E-state index contributed by atoms with van der Waals surface area (Å²) in [6, 6.07) is 0. The minimum absolute atomic E-state index is 0.0579. The zero-order valence-corrected chi connectivity index (χ0v) is 18.0. The molecule has 28 heavy (non-hydrogen) atoms. The van der Waals surface area contributed by atoms with Crippen LogP contribution >= 0.6 is 0 Å². The van der Waals surface area contributed by atoms with Crippen molar-refractivity contribution in [3.8, 4) is 0 Å². The van der Waals surface area contributed by atoms with Crippen LogP contribution in [0.4, 0.5) is 0 Å². The van der Waals surface area contributed by atoms with Crippen molar-refractivity contribution in [3.63, 3.8) is 0 Å². The molecule has 0 spiro atoms. The Morgan fingerprint density at radius 3 is 2.46 bits per heavy atom. The summed E-state index contributed by atoms with van der Waals surface area (Å²) in [5.41, 5.74) is 0.448. The normalized spacial score (nSPS) is 43.0. The van der Waals surface area contributed by atoms with E-state index in [4.69, 9.17) is 4.74 Å². The molecule has 6 unspecified atom stereocenters. The van der Waals surface area contributed by atoms with E-state index in [0.717, 1.165) is 32.1 Å². The number of fused-ring (bicyclic) bond motifs is 5. The molecule has 4 heteroatoms. The van der Waals surface area contributed by atoms with Gasteiger partial charge in [-0.2, -0.15) is 0 Å². The first-order valence-electron chi connectivity index (χ1n) is 10.9. The van der Waals surface area contributed by atoms with Gasteiger partial charge in [-0.25, -0.2) is 0 Å². The third-order valence-electron chi connectivity index (χ3n) is 8.51. The molecule has 0 saturated heterocycles. The molecular weight excluding hydrogens is 352 g/mol. The zero-order chi connectivity index (χ0) is 20.5. The second-order valence-electron chi connectivity index (χ2n) is 11.2. The number of carbonyl (C=O) groups is 3. The van der Waals surface area contributed by atoms with Crippen LogP contribution in [0.25, 0.3) is 0 Å². The molecule has 0 aromatic carbocycles. The van der Waals surface area contributed by atoms with Crippen molar-refractivity contribution in [2.45, 2.75) is 85.7 Å². The smallest absolute Gasteiger partial charge is 0.311 e. The molecule has 154 valence electrons. The Morgan fingerprint density at radius 2 is 1.79 bits per heavy atom. The van der Waals surface area contributed by atoms with Crippen LogP contribution in [-0.4, -0.2) is 23.6 Å². The van der Waals surface area contributed by atoms with E-state index in [0.29, 0.717) is 24.7 Å². The van der Waals surface area contributed by atoms with Crippen LogP contribution in [0.1, 0.15) is 79.6 Å². The fourth-order valence-electron chi connectivity index (χ4n) is 6.79. The number of esters is 1. The highest BCUT2D eigenvalue weighted by atomic mass is 16.5. The first-order chi connectivity index (χ1) is 13.0. The second-order valence-corrected chi connectivity index (χ2v) is 11.2. The van der Waals surface area contributed by atoms with Crippen LogP contribution in [0.5, 0.6) is 0 Å². The van der Waals surface area contributed by atoms with Gasteiger partial charge in [0.15, 0.2) is 5.78 Å². The van der Waals surface area contributed by atoms with Crippen LogP contribution in [-0.2, 0) is 19.1 Å². The maximum Gasteiger partial charge on any atom is 0.311 e. The van der Waals surface area contributed by atoms with Gasteiger partial charge in [0, 0.05) is 24.2 Å². The van der Waals surface area contributed by atoms with Crippen molar-refractivity contribution in [3.05, 3.63) is 11.6 Å². The molecule has 0 aliphatic heterocycles. The Morgan fingerprint density at radius 1 is 1.07 bits per heavy atom. The van der Waals surface area contributed by atoms with E-state index in [2.05, 4.69) is 13.8 Å². The lowest BCUT2D eigenvalue weighted by atomic mass is 9.47. The summed E-state index contributed by atoms with van der Waals surface area (Å²) in [7, 11) is 0. The molecule has 0 heterocycles. The lowest BCUT2D eigenvalue weighted by Gasteiger charge is -2.57. The predicted octanol–water partition coefficient (Wildman–Crippen LogP) is 4.66. The van der Waals surface area contributed by atoms with Gasteiger partial charge in [0.2, 0.25) is 0 Å². The molecule has 0 aromatic heterocycles. The Labute approximate surface area is 168 Å². The fourth-order valence-corrected chi connectivity index (χ4v) is 6.79. The third kappa shape index (κ3) is 2.81. The van der Waals surface area contributed by atoms with Crippen molar-refractivity contribution in [2.24, 2.45) is 34.0 Å². The molecule has 0 bridgehead atoms. The zero-order valence-electron chi connectivity index (χ0n) is 18.0. The van der Waals surface area contributed by atoms with Gasteiger partial charge in [-0.1, -0.05) is 19.4 Å². The summed E-state index contributed by atoms with van der Waals surface area (Å²) in [5, 5.41) is 0. The van der Waals surface area contributed by atoms with E-state index in [9.17, 15) is 14.4 Å². The van der Waals surface area contributed by atoms with Gasteiger partial charge in [-0.3, -0.25) is 14.4 Å². The molecule has 0 N–H and O–H groups in total. The Bertz CT molecular complexity index is 757. The monoisotopic (exact) mass is 386 g/mol. The summed E-state index contributed by atoms with van der Waals surface area (Å²) in [6.07, 6.45) is 7.37. The van der Waals surface area contributed by atoms with Gasteiger partial charge in [-0.15, -0.1) is 0 Å². The molecule has 6 atom stereocenters. The number of carbonyl (C=O) groups excluding carboxylic acids is 3. The third-order valence-corrected chi connectivity index (χ3v) is 8.51.